The Bertz CT molecular complexity index is 950. The van der Waals surface area contributed by atoms with Crippen molar-refractivity contribution in [3.05, 3.63) is 59.4 Å². The van der Waals surface area contributed by atoms with E-state index in [2.05, 4.69) is 11.8 Å². The number of amides is 1. The molecule has 0 saturated carbocycles. The van der Waals surface area contributed by atoms with Gasteiger partial charge in [0.1, 0.15) is 17.3 Å². The van der Waals surface area contributed by atoms with Gasteiger partial charge in [-0.1, -0.05) is 18.2 Å². The number of ether oxygens (including phenoxy) is 2. The quantitative estimate of drug-likeness (QED) is 0.675. The summed E-state index contributed by atoms with van der Waals surface area (Å²) < 4.78 is 24.1. The fraction of sp³-hybridized carbons (Fsp3) is 0.417. The number of halogens is 1. The second-order valence-electron chi connectivity index (χ2n) is 8.13. The molecule has 2 aromatic carbocycles. The molecule has 0 aromatic heterocycles. The second-order valence-corrected chi connectivity index (χ2v) is 8.13. The SMILES string of the molecule is COc1ccc(CC(=O)O)c(OCC(=O)N2CC(C)N(Cc3ccc(F)cc3)CC2C)c1. The van der Waals surface area contributed by atoms with Gasteiger partial charge in [0.05, 0.1) is 13.5 Å². The first kappa shape index (κ1) is 23.5. The topological polar surface area (TPSA) is 79.3 Å². The molecule has 1 fully saturated rings. The van der Waals surface area contributed by atoms with Crippen molar-refractivity contribution in [2.45, 2.75) is 38.9 Å². The van der Waals surface area contributed by atoms with Gasteiger partial charge in [0.2, 0.25) is 0 Å². The number of carboxylic acid groups (broad SMARTS) is 1. The van der Waals surface area contributed by atoms with Crippen molar-refractivity contribution in [2.24, 2.45) is 0 Å². The molecule has 2 unspecified atom stereocenters. The van der Waals surface area contributed by atoms with Crippen LogP contribution in [0.1, 0.15) is 25.0 Å². The van der Waals surface area contributed by atoms with Gasteiger partial charge in [-0.3, -0.25) is 14.5 Å². The first-order valence-corrected chi connectivity index (χ1v) is 10.6. The molecule has 0 bridgehead atoms. The lowest BCUT2D eigenvalue weighted by Gasteiger charge is -2.44. The fourth-order valence-corrected chi connectivity index (χ4v) is 3.92. The molecule has 0 aliphatic carbocycles. The Hall–Kier alpha value is -3.13. The van der Waals surface area contributed by atoms with Crippen molar-refractivity contribution in [1.29, 1.82) is 0 Å². The molecular weight excluding hydrogens is 415 g/mol. The largest absolute Gasteiger partial charge is 0.497 e. The van der Waals surface area contributed by atoms with Crippen LogP contribution in [0, 0.1) is 5.82 Å². The molecule has 32 heavy (non-hydrogen) atoms. The number of carbonyl (C=O) groups excluding carboxylic acids is 1. The highest BCUT2D eigenvalue weighted by Crippen LogP contribution is 2.26. The number of carbonyl (C=O) groups is 2. The van der Waals surface area contributed by atoms with Gasteiger partial charge in [-0.2, -0.15) is 0 Å². The van der Waals surface area contributed by atoms with Crippen LogP contribution in [-0.4, -0.2) is 65.7 Å². The number of hydrogen-bond donors (Lipinski definition) is 1. The highest BCUT2D eigenvalue weighted by Gasteiger charge is 2.32. The van der Waals surface area contributed by atoms with Crippen LogP contribution in [-0.2, 0) is 22.6 Å². The monoisotopic (exact) mass is 444 g/mol. The van der Waals surface area contributed by atoms with Crippen LogP contribution in [0.3, 0.4) is 0 Å². The van der Waals surface area contributed by atoms with Gasteiger partial charge in [-0.05, 0) is 37.6 Å². The van der Waals surface area contributed by atoms with Gasteiger partial charge in [-0.25, -0.2) is 4.39 Å². The van der Waals surface area contributed by atoms with E-state index in [0.717, 1.165) is 5.56 Å². The van der Waals surface area contributed by atoms with Crippen molar-refractivity contribution in [1.82, 2.24) is 9.80 Å². The summed E-state index contributed by atoms with van der Waals surface area (Å²) in [6.07, 6.45) is -0.205. The van der Waals surface area contributed by atoms with E-state index in [0.29, 0.717) is 36.7 Å². The Balaban J connectivity index is 1.61. The second kappa shape index (κ2) is 10.5. The highest BCUT2D eigenvalue weighted by atomic mass is 19.1. The fourth-order valence-electron chi connectivity index (χ4n) is 3.92. The lowest BCUT2D eigenvalue weighted by Crippen LogP contribution is -2.58. The Morgan fingerprint density at radius 1 is 1.09 bits per heavy atom. The molecule has 1 saturated heterocycles. The average Bonchev–Trinajstić information content (AvgIpc) is 2.76. The van der Waals surface area contributed by atoms with Crippen LogP contribution in [0.15, 0.2) is 42.5 Å². The number of aliphatic carboxylic acids is 1. The van der Waals surface area contributed by atoms with Crippen molar-refractivity contribution in [3.8, 4) is 11.5 Å². The van der Waals surface area contributed by atoms with Gasteiger partial charge >= 0.3 is 5.97 Å². The van der Waals surface area contributed by atoms with Crippen LogP contribution in [0.5, 0.6) is 11.5 Å². The van der Waals surface area contributed by atoms with E-state index in [4.69, 9.17) is 14.6 Å². The molecule has 1 aliphatic heterocycles. The Kier molecular flexibility index (Phi) is 7.69. The number of carboxylic acids is 1. The summed E-state index contributed by atoms with van der Waals surface area (Å²) in [6, 6.07) is 11.5. The van der Waals surface area contributed by atoms with Crippen LogP contribution in [0.4, 0.5) is 4.39 Å². The lowest BCUT2D eigenvalue weighted by molar-refractivity contribution is -0.139. The number of hydrogen-bond acceptors (Lipinski definition) is 5. The third-order valence-corrected chi connectivity index (χ3v) is 5.70. The number of benzene rings is 2. The molecule has 8 heteroatoms. The van der Waals surface area contributed by atoms with E-state index in [1.807, 2.05) is 6.92 Å². The molecule has 2 aromatic rings. The average molecular weight is 445 g/mol. The maximum absolute atomic E-state index is 13.2. The molecule has 7 nitrogen and oxygen atoms in total. The Morgan fingerprint density at radius 3 is 2.47 bits per heavy atom. The van der Waals surface area contributed by atoms with Crippen molar-refractivity contribution in [3.63, 3.8) is 0 Å². The number of rotatable bonds is 8. The van der Waals surface area contributed by atoms with Gasteiger partial charge in [0.25, 0.3) is 5.91 Å². The number of methoxy groups -OCH3 is 1. The molecular formula is C24H29FN2O5. The van der Waals surface area contributed by atoms with E-state index in [1.54, 1.807) is 35.2 Å². The predicted molar refractivity (Wildman–Crippen MR) is 117 cm³/mol. The lowest BCUT2D eigenvalue weighted by atomic mass is 10.1. The minimum absolute atomic E-state index is 0.0217. The molecule has 0 radical (unpaired) electrons. The van der Waals surface area contributed by atoms with E-state index in [9.17, 15) is 14.0 Å². The van der Waals surface area contributed by atoms with Crippen LogP contribution in [0.2, 0.25) is 0 Å². The molecule has 0 spiro atoms. The summed E-state index contributed by atoms with van der Waals surface area (Å²) >= 11 is 0. The Labute approximate surface area is 187 Å². The third-order valence-electron chi connectivity index (χ3n) is 5.70. The molecule has 172 valence electrons. The minimum atomic E-state index is -0.980. The van der Waals surface area contributed by atoms with Gasteiger partial charge in [0.15, 0.2) is 6.61 Å². The maximum Gasteiger partial charge on any atom is 0.307 e. The molecule has 1 aliphatic rings. The third kappa shape index (κ3) is 5.97. The number of piperazine rings is 1. The zero-order valence-electron chi connectivity index (χ0n) is 18.6. The normalized spacial score (nSPS) is 18.9. The first-order valence-electron chi connectivity index (χ1n) is 10.6. The van der Waals surface area contributed by atoms with E-state index in [-0.39, 0.29) is 36.8 Å². The van der Waals surface area contributed by atoms with Crippen LogP contribution in [0.25, 0.3) is 0 Å². The standard InChI is InChI=1S/C24H29FN2O5/c1-16-13-27(17(2)12-26(16)14-18-4-7-20(25)8-5-18)23(28)15-32-22-11-21(31-3)9-6-19(22)10-24(29)30/h4-9,11,16-17H,10,12-15H2,1-3H3,(H,29,30). The van der Waals surface area contributed by atoms with Crippen molar-refractivity contribution < 1.29 is 28.6 Å². The van der Waals surface area contributed by atoms with E-state index < -0.39 is 5.97 Å². The summed E-state index contributed by atoms with van der Waals surface area (Å²) in [7, 11) is 1.51. The molecule has 1 amide bonds. The van der Waals surface area contributed by atoms with E-state index >= 15 is 0 Å². The zero-order valence-corrected chi connectivity index (χ0v) is 18.6. The van der Waals surface area contributed by atoms with Crippen LogP contribution < -0.4 is 9.47 Å². The highest BCUT2D eigenvalue weighted by molar-refractivity contribution is 5.78. The predicted octanol–water partition coefficient (Wildman–Crippen LogP) is 2.96. The van der Waals surface area contributed by atoms with Gasteiger partial charge in [0, 0.05) is 43.3 Å². The summed E-state index contributed by atoms with van der Waals surface area (Å²) in [6.45, 7) is 5.78. The van der Waals surface area contributed by atoms with Gasteiger partial charge < -0.3 is 19.5 Å². The van der Waals surface area contributed by atoms with Crippen molar-refractivity contribution in [2.75, 3.05) is 26.8 Å². The van der Waals surface area contributed by atoms with Crippen molar-refractivity contribution >= 4 is 11.9 Å². The van der Waals surface area contributed by atoms with Gasteiger partial charge in [-0.15, -0.1) is 0 Å². The zero-order chi connectivity index (χ0) is 23.3. The van der Waals surface area contributed by atoms with Crippen LogP contribution >= 0.6 is 0 Å². The summed E-state index contributed by atoms with van der Waals surface area (Å²) in [5.41, 5.74) is 1.51. The molecule has 2 atom stereocenters. The first-order chi connectivity index (χ1) is 15.3. The summed E-state index contributed by atoms with van der Waals surface area (Å²) in [5.74, 6) is -0.539. The smallest absolute Gasteiger partial charge is 0.307 e. The maximum atomic E-state index is 13.2. The Morgan fingerprint density at radius 2 is 1.81 bits per heavy atom. The molecule has 1 heterocycles. The molecule has 3 rings (SSSR count). The number of nitrogens with zero attached hydrogens (tertiary/aromatic N) is 2. The minimum Gasteiger partial charge on any atom is -0.497 e. The summed E-state index contributed by atoms with van der Waals surface area (Å²) in [4.78, 5) is 28.1. The summed E-state index contributed by atoms with van der Waals surface area (Å²) in [5, 5.41) is 9.12. The molecule has 1 N–H and O–H groups in total. The van der Waals surface area contributed by atoms with E-state index in [1.165, 1.54) is 19.2 Å².